The minimum atomic E-state index is -0.331. The second-order valence-corrected chi connectivity index (χ2v) is 3.02. The predicted molar refractivity (Wildman–Crippen MR) is 49.8 cm³/mol. The number of pyridine rings is 1. The largest absolute Gasteiger partial charge is 0.421 e. The van der Waals surface area contributed by atoms with E-state index in [0.717, 1.165) is 16.6 Å². The highest BCUT2D eigenvalue weighted by Gasteiger charge is 2.03. The molecular formula is C10H9NO2. The van der Waals surface area contributed by atoms with Gasteiger partial charge < -0.3 is 4.42 Å². The molecule has 2 rings (SSSR count). The number of nitrogens with zero attached hydrogens (tertiary/aromatic N) is 1. The summed E-state index contributed by atoms with van der Waals surface area (Å²) in [7, 11) is 0. The van der Waals surface area contributed by atoms with Crippen LogP contribution in [-0.4, -0.2) is 4.98 Å². The third-order valence-electron chi connectivity index (χ3n) is 2.04. The Balaban J connectivity index is 3.00. The fourth-order valence-corrected chi connectivity index (χ4v) is 1.32. The molecule has 0 spiro atoms. The quantitative estimate of drug-likeness (QED) is 0.613. The highest BCUT2D eigenvalue weighted by atomic mass is 16.4. The number of hydrogen-bond acceptors (Lipinski definition) is 3. The molecule has 3 nitrogen and oxygen atoms in total. The van der Waals surface area contributed by atoms with Crippen LogP contribution in [0.25, 0.3) is 11.0 Å². The zero-order valence-corrected chi connectivity index (χ0v) is 7.50. The van der Waals surface area contributed by atoms with Gasteiger partial charge in [0, 0.05) is 17.6 Å². The van der Waals surface area contributed by atoms with Crippen molar-refractivity contribution in [2.75, 3.05) is 0 Å². The SMILES string of the molecule is Cc1cnc(C)c2oc(=O)ccc12. The van der Waals surface area contributed by atoms with Gasteiger partial charge in [-0.25, -0.2) is 4.79 Å². The molecule has 2 heterocycles. The van der Waals surface area contributed by atoms with Gasteiger partial charge in [-0.2, -0.15) is 0 Å². The first-order valence-electron chi connectivity index (χ1n) is 4.04. The van der Waals surface area contributed by atoms with Crippen molar-refractivity contribution in [3.63, 3.8) is 0 Å². The Hall–Kier alpha value is -1.64. The molecule has 0 unspecified atom stereocenters. The molecule has 3 heteroatoms. The van der Waals surface area contributed by atoms with Crippen molar-refractivity contribution in [1.82, 2.24) is 4.98 Å². The van der Waals surface area contributed by atoms with Gasteiger partial charge in [0.05, 0.1) is 5.69 Å². The summed E-state index contributed by atoms with van der Waals surface area (Å²) in [5, 5.41) is 0.951. The molecular weight excluding hydrogens is 166 g/mol. The van der Waals surface area contributed by atoms with E-state index in [2.05, 4.69) is 4.98 Å². The maximum Gasteiger partial charge on any atom is 0.336 e. The zero-order chi connectivity index (χ0) is 9.42. The number of rotatable bonds is 0. The average Bonchev–Trinajstić information content (AvgIpc) is 2.12. The van der Waals surface area contributed by atoms with Gasteiger partial charge in [0.25, 0.3) is 0 Å². The van der Waals surface area contributed by atoms with Gasteiger partial charge in [0.2, 0.25) is 0 Å². The first-order valence-corrected chi connectivity index (χ1v) is 4.04. The van der Waals surface area contributed by atoms with Crippen LogP contribution in [0, 0.1) is 13.8 Å². The van der Waals surface area contributed by atoms with E-state index < -0.39 is 0 Å². The second-order valence-electron chi connectivity index (χ2n) is 3.02. The first kappa shape index (κ1) is 7.98. The summed E-state index contributed by atoms with van der Waals surface area (Å²) < 4.78 is 5.06. The first-order chi connectivity index (χ1) is 6.18. The van der Waals surface area contributed by atoms with E-state index in [1.807, 2.05) is 13.8 Å². The van der Waals surface area contributed by atoms with Crippen LogP contribution in [0.5, 0.6) is 0 Å². The number of hydrogen-bond donors (Lipinski definition) is 0. The minimum Gasteiger partial charge on any atom is -0.421 e. The highest BCUT2D eigenvalue weighted by molar-refractivity contribution is 5.81. The van der Waals surface area contributed by atoms with E-state index in [1.165, 1.54) is 6.07 Å². The number of aryl methyl sites for hydroxylation is 2. The van der Waals surface area contributed by atoms with E-state index in [1.54, 1.807) is 12.3 Å². The van der Waals surface area contributed by atoms with Gasteiger partial charge in [0.15, 0.2) is 5.58 Å². The molecule has 0 aliphatic heterocycles. The fraction of sp³-hybridized carbons (Fsp3) is 0.200. The van der Waals surface area contributed by atoms with Crippen LogP contribution in [-0.2, 0) is 0 Å². The molecule has 0 saturated carbocycles. The monoisotopic (exact) mass is 175 g/mol. The van der Waals surface area contributed by atoms with Crippen molar-refractivity contribution in [3.8, 4) is 0 Å². The summed E-state index contributed by atoms with van der Waals surface area (Å²) in [5.41, 5.74) is 2.03. The fourth-order valence-electron chi connectivity index (χ4n) is 1.32. The van der Waals surface area contributed by atoms with Crippen LogP contribution >= 0.6 is 0 Å². The van der Waals surface area contributed by atoms with Gasteiger partial charge in [-0.3, -0.25) is 4.98 Å². The van der Waals surface area contributed by atoms with Gasteiger partial charge in [0.1, 0.15) is 0 Å². The van der Waals surface area contributed by atoms with Gasteiger partial charge in [-0.1, -0.05) is 0 Å². The maximum absolute atomic E-state index is 11.0. The summed E-state index contributed by atoms with van der Waals surface area (Å²) in [6.45, 7) is 3.76. The van der Waals surface area contributed by atoms with E-state index >= 15 is 0 Å². The molecule has 66 valence electrons. The smallest absolute Gasteiger partial charge is 0.336 e. The zero-order valence-electron chi connectivity index (χ0n) is 7.50. The van der Waals surface area contributed by atoms with E-state index in [0.29, 0.717) is 5.58 Å². The van der Waals surface area contributed by atoms with Crippen molar-refractivity contribution in [2.24, 2.45) is 0 Å². The van der Waals surface area contributed by atoms with E-state index in [4.69, 9.17) is 4.42 Å². The van der Waals surface area contributed by atoms with Gasteiger partial charge in [-0.05, 0) is 25.5 Å². The van der Waals surface area contributed by atoms with Crippen molar-refractivity contribution in [1.29, 1.82) is 0 Å². The summed E-state index contributed by atoms with van der Waals surface area (Å²) >= 11 is 0. The lowest BCUT2D eigenvalue weighted by atomic mass is 10.1. The van der Waals surface area contributed by atoms with Crippen LogP contribution < -0.4 is 5.63 Å². The molecule has 0 radical (unpaired) electrons. The molecule has 0 aliphatic carbocycles. The third-order valence-corrected chi connectivity index (χ3v) is 2.04. The van der Waals surface area contributed by atoms with Gasteiger partial charge in [-0.15, -0.1) is 0 Å². The topological polar surface area (TPSA) is 43.1 Å². The Morgan fingerprint density at radius 2 is 2.08 bits per heavy atom. The Kier molecular flexibility index (Phi) is 1.65. The summed E-state index contributed by atoms with van der Waals surface area (Å²) in [6.07, 6.45) is 1.78. The van der Waals surface area contributed by atoms with Crippen molar-refractivity contribution >= 4 is 11.0 Å². The highest BCUT2D eigenvalue weighted by Crippen LogP contribution is 2.17. The van der Waals surface area contributed by atoms with Crippen LogP contribution in [0.3, 0.4) is 0 Å². The lowest BCUT2D eigenvalue weighted by molar-refractivity contribution is 0.556. The molecule has 0 aliphatic rings. The predicted octanol–water partition coefficient (Wildman–Crippen LogP) is 1.80. The molecule has 0 N–H and O–H groups in total. The number of aromatic nitrogens is 1. The van der Waals surface area contributed by atoms with Crippen molar-refractivity contribution < 1.29 is 4.42 Å². The van der Waals surface area contributed by atoms with Crippen LogP contribution in [0.2, 0.25) is 0 Å². The minimum absolute atomic E-state index is 0.331. The van der Waals surface area contributed by atoms with Crippen LogP contribution in [0.1, 0.15) is 11.3 Å². The molecule has 2 aromatic heterocycles. The molecule has 0 amide bonds. The molecule has 0 fully saturated rings. The molecule has 2 aromatic rings. The van der Waals surface area contributed by atoms with Crippen molar-refractivity contribution in [2.45, 2.75) is 13.8 Å². The van der Waals surface area contributed by atoms with Crippen LogP contribution in [0.15, 0.2) is 27.5 Å². The molecule has 0 saturated heterocycles. The summed E-state index contributed by atoms with van der Waals surface area (Å²) in [6, 6.07) is 3.19. The van der Waals surface area contributed by atoms with Gasteiger partial charge >= 0.3 is 5.63 Å². The van der Waals surface area contributed by atoms with Crippen molar-refractivity contribution in [3.05, 3.63) is 40.0 Å². The molecule has 0 bridgehead atoms. The number of fused-ring (bicyclic) bond motifs is 1. The Morgan fingerprint density at radius 3 is 2.85 bits per heavy atom. The second kappa shape index (κ2) is 2.69. The van der Waals surface area contributed by atoms with E-state index in [9.17, 15) is 4.79 Å². The Labute approximate surface area is 75.0 Å². The average molecular weight is 175 g/mol. The normalized spacial score (nSPS) is 10.6. The Bertz CT molecular complexity index is 514. The van der Waals surface area contributed by atoms with Crippen LogP contribution in [0.4, 0.5) is 0 Å². The molecule has 0 atom stereocenters. The lowest BCUT2D eigenvalue weighted by Gasteiger charge is -2.01. The Morgan fingerprint density at radius 1 is 1.31 bits per heavy atom. The lowest BCUT2D eigenvalue weighted by Crippen LogP contribution is -1.97. The summed E-state index contributed by atoms with van der Waals surface area (Å²) in [5.74, 6) is 0. The standard InChI is InChI=1S/C10H9NO2/c1-6-5-11-7(2)10-8(6)3-4-9(12)13-10/h3-5H,1-2H3. The maximum atomic E-state index is 11.0. The molecule has 0 aromatic carbocycles. The summed E-state index contributed by atoms with van der Waals surface area (Å²) in [4.78, 5) is 15.1. The molecule has 13 heavy (non-hydrogen) atoms. The van der Waals surface area contributed by atoms with E-state index in [-0.39, 0.29) is 5.63 Å². The third kappa shape index (κ3) is 1.22.